The van der Waals surface area contributed by atoms with Crippen molar-refractivity contribution in [3.63, 3.8) is 0 Å². The van der Waals surface area contributed by atoms with Gasteiger partial charge in [-0.3, -0.25) is 19.1 Å². The number of halogens is 1. The first-order valence-electron chi connectivity index (χ1n) is 16.1. The van der Waals surface area contributed by atoms with Gasteiger partial charge in [-0.2, -0.15) is 0 Å². The molecule has 4 rings (SSSR count). The summed E-state index contributed by atoms with van der Waals surface area (Å²) < 4.78 is 39.0. The number of aromatic nitrogens is 1. The molecule has 1 saturated carbocycles. The number of ether oxygens (including phenoxy) is 2. The van der Waals surface area contributed by atoms with Gasteiger partial charge in [-0.1, -0.05) is 38.4 Å². The van der Waals surface area contributed by atoms with Crippen LogP contribution < -0.4 is 20.1 Å². The highest BCUT2D eigenvalue weighted by Gasteiger charge is 2.48. The molecular weight excluding hydrogens is 674 g/mol. The van der Waals surface area contributed by atoms with Crippen molar-refractivity contribution < 1.29 is 37.1 Å². The van der Waals surface area contributed by atoms with Gasteiger partial charge in [0.2, 0.25) is 21.8 Å². The first-order chi connectivity index (χ1) is 22.6. The van der Waals surface area contributed by atoms with Gasteiger partial charge in [-0.05, 0) is 82.0 Å². The molecule has 15 heteroatoms. The lowest BCUT2D eigenvalue weighted by atomic mass is 9.85. The fraction of sp³-hybridized carbons (Fsp3) is 0.559. The number of fused-ring (bicyclic) bond motifs is 1. The maximum atomic E-state index is 14.3. The Morgan fingerprint density at radius 3 is 2.37 bits per heavy atom. The van der Waals surface area contributed by atoms with E-state index in [4.69, 9.17) is 21.1 Å². The van der Waals surface area contributed by atoms with Gasteiger partial charge in [-0.15, -0.1) is 6.58 Å². The minimum absolute atomic E-state index is 0.0299. The standard InChI is InChI=1S/C34H46ClN5O8S/c1-9-15-34(8,30(43)39-49(45,46)23-11-12-23)38-28(41)25-18-22(47-21-10-13-24-20(17-21)14-16-36-27(24)35)19-40(25)29(42)26(32(2,3)4)37-31(44)48-33(5,6)7/h9-10,13-14,16-17,22-23,25-26H,1,11-12,15,18-19H2,2-8H3,(H,37,44)(H,38,41)(H,39,43)/t22-,25+,26-,34+/m1/s1. The van der Waals surface area contributed by atoms with Crippen molar-refractivity contribution in [3.05, 3.63) is 48.3 Å². The van der Waals surface area contributed by atoms with Crippen LogP contribution in [0.1, 0.15) is 74.1 Å². The molecule has 2 heterocycles. The molecule has 0 radical (unpaired) electrons. The van der Waals surface area contributed by atoms with Crippen molar-refractivity contribution >= 4 is 56.2 Å². The van der Waals surface area contributed by atoms with Gasteiger partial charge in [0.05, 0.1) is 11.8 Å². The van der Waals surface area contributed by atoms with Crippen LogP contribution in [0.4, 0.5) is 4.79 Å². The van der Waals surface area contributed by atoms with E-state index < -0.39 is 73.8 Å². The molecule has 268 valence electrons. The zero-order chi connectivity index (χ0) is 36.5. The van der Waals surface area contributed by atoms with Crippen LogP contribution in [0.25, 0.3) is 10.8 Å². The number of carbonyl (C=O) groups is 4. The molecule has 1 saturated heterocycles. The Labute approximate surface area is 292 Å². The van der Waals surface area contributed by atoms with Crippen molar-refractivity contribution in [2.45, 2.75) is 109 Å². The third-order valence-electron chi connectivity index (χ3n) is 8.26. The molecule has 2 aromatic rings. The van der Waals surface area contributed by atoms with E-state index in [2.05, 4.69) is 26.9 Å². The minimum atomic E-state index is -3.91. The second-order valence-electron chi connectivity index (χ2n) is 14.9. The molecule has 3 N–H and O–H groups in total. The summed E-state index contributed by atoms with van der Waals surface area (Å²) in [5, 5.41) is 6.56. The predicted octanol–water partition coefficient (Wildman–Crippen LogP) is 4.24. The number of pyridine rings is 1. The Balaban J connectivity index is 1.64. The molecule has 13 nitrogen and oxygen atoms in total. The third-order valence-corrected chi connectivity index (χ3v) is 10.4. The lowest BCUT2D eigenvalue weighted by molar-refractivity contribution is -0.143. The highest BCUT2D eigenvalue weighted by Crippen LogP contribution is 2.32. The Bertz CT molecular complexity index is 1730. The molecular formula is C34H46ClN5O8S. The van der Waals surface area contributed by atoms with Crippen LogP contribution in [0.3, 0.4) is 0 Å². The van der Waals surface area contributed by atoms with Gasteiger partial charge in [0.25, 0.3) is 5.91 Å². The summed E-state index contributed by atoms with van der Waals surface area (Å²) in [6, 6.07) is 4.76. The maximum absolute atomic E-state index is 14.3. The quantitative estimate of drug-likeness (QED) is 0.227. The number of carbonyl (C=O) groups excluding carboxylic acids is 4. The molecule has 4 amide bonds. The number of hydrogen-bond acceptors (Lipinski definition) is 9. The molecule has 1 aromatic heterocycles. The van der Waals surface area contributed by atoms with Crippen LogP contribution in [0.2, 0.25) is 5.15 Å². The first-order valence-corrected chi connectivity index (χ1v) is 18.1. The fourth-order valence-electron chi connectivity index (χ4n) is 5.55. The molecule has 1 aromatic carbocycles. The van der Waals surface area contributed by atoms with Gasteiger partial charge in [-0.25, -0.2) is 18.2 Å². The fourth-order valence-corrected chi connectivity index (χ4v) is 7.18. The van der Waals surface area contributed by atoms with Crippen molar-refractivity contribution in [1.82, 2.24) is 25.2 Å². The average Bonchev–Trinajstić information content (AvgIpc) is 3.75. The van der Waals surface area contributed by atoms with Crippen LogP contribution >= 0.6 is 11.6 Å². The summed E-state index contributed by atoms with van der Waals surface area (Å²) in [7, 11) is -3.91. The summed E-state index contributed by atoms with van der Waals surface area (Å²) in [5.41, 5.74) is -3.35. The molecule has 0 unspecified atom stereocenters. The van der Waals surface area contributed by atoms with Crippen LogP contribution in [0, 0.1) is 5.41 Å². The zero-order valence-corrected chi connectivity index (χ0v) is 30.5. The highest BCUT2D eigenvalue weighted by atomic mass is 35.5. The third kappa shape index (κ3) is 9.41. The molecule has 2 aliphatic rings. The van der Waals surface area contributed by atoms with E-state index in [9.17, 15) is 27.6 Å². The largest absolute Gasteiger partial charge is 0.488 e. The number of likely N-dealkylation sites (tertiary alicyclic amines) is 1. The molecule has 1 aliphatic carbocycles. The summed E-state index contributed by atoms with van der Waals surface area (Å²) in [4.78, 5) is 60.1. The number of amides is 4. The zero-order valence-electron chi connectivity index (χ0n) is 29.0. The smallest absolute Gasteiger partial charge is 0.408 e. The van der Waals surface area contributed by atoms with Gasteiger partial charge >= 0.3 is 6.09 Å². The summed E-state index contributed by atoms with van der Waals surface area (Å²) >= 11 is 6.23. The number of rotatable bonds is 11. The molecule has 49 heavy (non-hydrogen) atoms. The molecule has 2 fully saturated rings. The second kappa shape index (κ2) is 14.1. The van der Waals surface area contributed by atoms with Crippen molar-refractivity contribution in [1.29, 1.82) is 0 Å². The van der Waals surface area contributed by atoms with Gasteiger partial charge in [0.15, 0.2) is 0 Å². The average molecular weight is 720 g/mol. The van der Waals surface area contributed by atoms with Gasteiger partial charge in [0, 0.05) is 18.0 Å². The Morgan fingerprint density at radius 1 is 1.10 bits per heavy atom. The molecule has 0 spiro atoms. The van der Waals surface area contributed by atoms with Crippen molar-refractivity contribution in [3.8, 4) is 5.75 Å². The van der Waals surface area contributed by atoms with Gasteiger partial charge in [0.1, 0.15) is 40.2 Å². The number of nitrogens with one attached hydrogen (secondary N) is 3. The van der Waals surface area contributed by atoms with E-state index in [-0.39, 0.29) is 19.4 Å². The first kappa shape index (κ1) is 37.9. The van der Waals surface area contributed by atoms with E-state index in [1.807, 2.05) is 0 Å². The van der Waals surface area contributed by atoms with E-state index in [0.717, 1.165) is 10.8 Å². The van der Waals surface area contributed by atoms with Crippen LogP contribution in [0.15, 0.2) is 43.1 Å². The van der Waals surface area contributed by atoms with Crippen molar-refractivity contribution in [2.75, 3.05) is 6.54 Å². The monoisotopic (exact) mass is 719 g/mol. The van der Waals surface area contributed by atoms with E-state index in [1.54, 1.807) is 72.0 Å². The Hall–Kier alpha value is -3.91. The van der Waals surface area contributed by atoms with E-state index in [0.29, 0.717) is 23.7 Å². The topological polar surface area (TPSA) is 173 Å². The lowest BCUT2D eigenvalue weighted by Crippen LogP contribution is -2.62. The number of benzene rings is 1. The predicted molar refractivity (Wildman–Crippen MR) is 185 cm³/mol. The number of alkyl carbamates (subject to hydrolysis) is 1. The number of nitrogens with zero attached hydrogens (tertiary/aromatic N) is 2. The summed E-state index contributed by atoms with van der Waals surface area (Å²) in [5.74, 6) is -1.72. The molecule has 4 atom stereocenters. The number of hydrogen-bond donors (Lipinski definition) is 3. The lowest BCUT2D eigenvalue weighted by Gasteiger charge is -2.36. The highest BCUT2D eigenvalue weighted by molar-refractivity contribution is 7.91. The van der Waals surface area contributed by atoms with Crippen molar-refractivity contribution in [2.24, 2.45) is 5.41 Å². The Kier molecular flexibility index (Phi) is 10.9. The maximum Gasteiger partial charge on any atom is 0.408 e. The summed E-state index contributed by atoms with van der Waals surface area (Å²) in [6.45, 7) is 15.5. The SMILES string of the molecule is C=CC[C@](C)(NC(=O)[C@@H]1C[C@@H](Oc2ccc3c(Cl)nccc3c2)CN1C(=O)[C@@H](NC(=O)OC(C)(C)C)C(C)(C)C)C(=O)NS(=O)(=O)C1CC1. The molecule has 0 bridgehead atoms. The molecule has 1 aliphatic heterocycles. The van der Waals surface area contributed by atoms with E-state index >= 15 is 0 Å². The van der Waals surface area contributed by atoms with E-state index in [1.165, 1.54) is 17.9 Å². The van der Waals surface area contributed by atoms with Crippen LogP contribution in [-0.4, -0.2) is 83.2 Å². The minimum Gasteiger partial charge on any atom is -0.488 e. The van der Waals surface area contributed by atoms with Crippen LogP contribution in [-0.2, 0) is 29.1 Å². The van der Waals surface area contributed by atoms with Gasteiger partial charge < -0.3 is 25.0 Å². The Morgan fingerprint density at radius 2 is 1.78 bits per heavy atom. The summed E-state index contributed by atoms with van der Waals surface area (Å²) in [6.07, 6.45) is 2.32. The number of sulfonamides is 1. The normalized spacial score (nSPS) is 20.1. The van der Waals surface area contributed by atoms with Crippen LogP contribution in [0.5, 0.6) is 5.75 Å². The second-order valence-corrected chi connectivity index (χ2v) is 17.2.